The number of hydrogen-bond acceptors (Lipinski definition) is 3. The average Bonchev–Trinajstić information content (AvgIpc) is 3.09. The fraction of sp³-hybridized carbons (Fsp3) is 0.929. The predicted molar refractivity (Wildman–Crippen MR) is 124 cm³/mol. The predicted octanol–water partition coefficient (Wildman–Crippen LogP) is 6.97. The Kier molecular flexibility index (Phi) is 6.90. The van der Waals surface area contributed by atoms with Gasteiger partial charge in [-0.1, -0.05) is 40.0 Å². The maximum Gasteiger partial charge on any atom is 0.313 e. The van der Waals surface area contributed by atoms with Gasteiger partial charge in [0.05, 0.1) is 7.11 Å². The molecule has 176 valence electrons. The van der Waals surface area contributed by atoms with E-state index >= 15 is 0 Å². The summed E-state index contributed by atoms with van der Waals surface area (Å²) in [5, 5.41) is 0. The van der Waals surface area contributed by atoms with Crippen molar-refractivity contribution in [3.05, 3.63) is 0 Å². The molecule has 0 saturated heterocycles. The van der Waals surface area contributed by atoms with E-state index in [2.05, 4.69) is 25.5 Å². The third-order valence-corrected chi connectivity index (χ3v) is 11.1. The van der Waals surface area contributed by atoms with Crippen LogP contribution in [-0.4, -0.2) is 18.9 Å². The first-order valence-corrected chi connectivity index (χ1v) is 13.4. The van der Waals surface area contributed by atoms with Gasteiger partial charge in [-0.2, -0.15) is 0 Å². The highest BCUT2D eigenvalue weighted by Gasteiger charge is 2.60. The zero-order valence-electron chi connectivity index (χ0n) is 20.6. The van der Waals surface area contributed by atoms with E-state index in [1.54, 1.807) is 0 Å². The van der Waals surface area contributed by atoms with Crippen molar-refractivity contribution in [3.63, 3.8) is 0 Å². The van der Waals surface area contributed by atoms with Gasteiger partial charge in [0.15, 0.2) is 0 Å². The van der Waals surface area contributed by atoms with E-state index in [-0.39, 0.29) is 12.2 Å². The molecule has 4 rings (SSSR count). The first-order valence-electron chi connectivity index (χ1n) is 13.4. The quantitative estimate of drug-likeness (QED) is 0.323. The van der Waals surface area contributed by atoms with Crippen LogP contribution in [0.2, 0.25) is 0 Å². The van der Waals surface area contributed by atoms with E-state index in [0.29, 0.717) is 17.3 Å². The Balaban J connectivity index is 1.42. The number of fused-ring (bicyclic) bond motifs is 5. The summed E-state index contributed by atoms with van der Waals surface area (Å²) >= 11 is 0. The summed E-state index contributed by atoms with van der Waals surface area (Å²) in [5.74, 6) is 5.14. The largest absolute Gasteiger partial charge is 0.469 e. The number of rotatable bonds is 7. The number of carbonyl (C=O) groups is 2. The van der Waals surface area contributed by atoms with Crippen molar-refractivity contribution in [3.8, 4) is 0 Å². The zero-order chi connectivity index (χ0) is 22.2. The van der Waals surface area contributed by atoms with Gasteiger partial charge < -0.3 is 4.74 Å². The number of esters is 1. The minimum atomic E-state index is -0.395. The topological polar surface area (TPSA) is 43.4 Å². The SMILES string of the molecule is CC[C@H]1CC2C3CCC(CCCC(=O)CC(=O)OC)C3(C)CC[C@@H]2C2(C)CCCCC12. The summed E-state index contributed by atoms with van der Waals surface area (Å²) in [7, 11) is 1.36. The molecule has 4 saturated carbocycles. The minimum Gasteiger partial charge on any atom is -0.469 e. The molecule has 4 aliphatic rings. The summed E-state index contributed by atoms with van der Waals surface area (Å²) in [4.78, 5) is 23.4. The third kappa shape index (κ3) is 4.12. The second kappa shape index (κ2) is 9.18. The highest BCUT2D eigenvalue weighted by atomic mass is 16.5. The Morgan fingerprint density at radius 3 is 2.45 bits per heavy atom. The van der Waals surface area contributed by atoms with Crippen LogP contribution in [0.4, 0.5) is 0 Å². The Bertz CT molecular complexity index is 671. The maximum atomic E-state index is 12.1. The number of carbonyl (C=O) groups excluding carboxylic acids is 2. The Hall–Kier alpha value is -0.860. The minimum absolute atomic E-state index is 0.0459. The highest BCUT2D eigenvalue weighted by Crippen LogP contribution is 2.69. The van der Waals surface area contributed by atoms with Crippen LogP contribution >= 0.6 is 0 Å². The van der Waals surface area contributed by atoms with Gasteiger partial charge in [0.1, 0.15) is 12.2 Å². The van der Waals surface area contributed by atoms with Crippen molar-refractivity contribution >= 4 is 11.8 Å². The molecule has 31 heavy (non-hydrogen) atoms. The lowest BCUT2D eigenvalue weighted by molar-refractivity contribution is -0.143. The molecule has 4 fully saturated rings. The standard InChI is InChI=1S/C28H46O3/c1-5-19-17-22-24-13-12-20(9-8-10-21(29)18-26(30)31-4)27(24,2)16-14-25(22)28(3)15-7-6-11-23(19)28/h19-20,22-25H,5-18H2,1-4H3/t19-,20?,22?,23?,24?,25-,27?,28?/m0/s1. The van der Waals surface area contributed by atoms with E-state index < -0.39 is 5.97 Å². The molecule has 0 bridgehead atoms. The molecule has 0 radical (unpaired) electrons. The molecule has 0 aliphatic heterocycles. The van der Waals surface area contributed by atoms with Gasteiger partial charge in [0, 0.05) is 6.42 Å². The Morgan fingerprint density at radius 2 is 1.71 bits per heavy atom. The molecule has 0 aromatic rings. The first-order chi connectivity index (χ1) is 14.8. The van der Waals surface area contributed by atoms with Crippen molar-refractivity contribution in [1.29, 1.82) is 0 Å². The van der Waals surface area contributed by atoms with E-state index in [1.165, 1.54) is 71.3 Å². The molecule has 4 aliphatic carbocycles. The molecule has 0 amide bonds. The first kappa shape index (κ1) is 23.3. The number of methoxy groups -OCH3 is 1. The van der Waals surface area contributed by atoms with E-state index in [1.807, 2.05) is 0 Å². The van der Waals surface area contributed by atoms with Crippen LogP contribution in [0.5, 0.6) is 0 Å². The molecule has 8 atom stereocenters. The van der Waals surface area contributed by atoms with Crippen molar-refractivity contribution < 1.29 is 14.3 Å². The number of Topliss-reactive ketones (excluding diaryl/α,β-unsaturated/α-hetero) is 1. The van der Waals surface area contributed by atoms with Crippen LogP contribution in [0.1, 0.15) is 111 Å². The molecule has 0 spiro atoms. The zero-order valence-corrected chi connectivity index (χ0v) is 20.6. The molecule has 0 heterocycles. The van der Waals surface area contributed by atoms with Crippen LogP contribution in [0.3, 0.4) is 0 Å². The second-order valence-corrected chi connectivity index (χ2v) is 12.1. The molecular formula is C28H46O3. The van der Waals surface area contributed by atoms with Gasteiger partial charge in [0.2, 0.25) is 0 Å². The van der Waals surface area contributed by atoms with Crippen molar-refractivity contribution in [2.75, 3.05) is 7.11 Å². The second-order valence-electron chi connectivity index (χ2n) is 12.1. The van der Waals surface area contributed by atoms with Crippen LogP contribution < -0.4 is 0 Å². The molecular weight excluding hydrogens is 384 g/mol. The third-order valence-electron chi connectivity index (χ3n) is 11.1. The fourth-order valence-electron chi connectivity index (χ4n) is 9.47. The molecule has 3 heteroatoms. The van der Waals surface area contributed by atoms with Gasteiger partial charge in [-0.25, -0.2) is 0 Å². The fourth-order valence-corrected chi connectivity index (χ4v) is 9.47. The Labute approximate surface area is 190 Å². The van der Waals surface area contributed by atoms with Gasteiger partial charge in [0.25, 0.3) is 0 Å². The van der Waals surface area contributed by atoms with Gasteiger partial charge in [-0.15, -0.1) is 0 Å². The van der Waals surface area contributed by atoms with E-state index in [4.69, 9.17) is 0 Å². The molecule has 0 aromatic carbocycles. The summed E-state index contributed by atoms with van der Waals surface area (Å²) in [6, 6.07) is 0. The maximum absolute atomic E-state index is 12.1. The molecule has 0 aromatic heterocycles. The summed E-state index contributed by atoms with van der Waals surface area (Å²) in [5.41, 5.74) is 1.07. The van der Waals surface area contributed by atoms with Gasteiger partial charge in [-0.05, 0) is 104 Å². The smallest absolute Gasteiger partial charge is 0.313 e. The van der Waals surface area contributed by atoms with E-state index in [0.717, 1.165) is 48.3 Å². The highest BCUT2D eigenvalue weighted by molar-refractivity contribution is 5.95. The van der Waals surface area contributed by atoms with Crippen molar-refractivity contribution in [2.24, 2.45) is 46.3 Å². The van der Waals surface area contributed by atoms with Crippen LogP contribution in [0.15, 0.2) is 0 Å². The molecule has 0 N–H and O–H groups in total. The van der Waals surface area contributed by atoms with Gasteiger partial charge in [-0.3, -0.25) is 9.59 Å². The molecule has 6 unspecified atom stereocenters. The van der Waals surface area contributed by atoms with Crippen LogP contribution in [-0.2, 0) is 14.3 Å². The lowest BCUT2D eigenvalue weighted by atomic mass is 9.42. The van der Waals surface area contributed by atoms with Crippen LogP contribution in [0, 0.1) is 46.3 Å². The average molecular weight is 431 g/mol. The summed E-state index contributed by atoms with van der Waals surface area (Å²) in [6.45, 7) is 7.75. The monoisotopic (exact) mass is 430 g/mol. The Morgan fingerprint density at radius 1 is 0.935 bits per heavy atom. The van der Waals surface area contributed by atoms with Gasteiger partial charge >= 0.3 is 5.97 Å². The lowest BCUT2D eigenvalue weighted by Crippen LogP contribution is -2.55. The lowest BCUT2D eigenvalue weighted by Gasteiger charge is -2.62. The van der Waals surface area contributed by atoms with Crippen molar-refractivity contribution in [2.45, 2.75) is 111 Å². The normalized spacial score (nSPS) is 44.1. The van der Waals surface area contributed by atoms with Crippen LogP contribution in [0.25, 0.3) is 0 Å². The number of ketones is 1. The summed E-state index contributed by atoms with van der Waals surface area (Å²) in [6.07, 6.45) is 16.9. The summed E-state index contributed by atoms with van der Waals surface area (Å²) < 4.78 is 4.64. The number of hydrogen-bond donors (Lipinski definition) is 0. The molecule has 3 nitrogen and oxygen atoms in total. The van der Waals surface area contributed by atoms with Crippen molar-refractivity contribution in [1.82, 2.24) is 0 Å². The number of ether oxygens (including phenoxy) is 1. The van der Waals surface area contributed by atoms with E-state index in [9.17, 15) is 9.59 Å².